The number of ether oxygens (including phenoxy) is 1. The van der Waals surface area contributed by atoms with Gasteiger partial charge in [0, 0.05) is 5.69 Å². The highest BCUT2D eigenvalue weighted by atomic mass is 16.5. The first-order valence-electron chi connectivity index (χ1n) is 9.52. The van der Waals surface area contributed by atoms with Gasteiger partial charge in [-0.3, -0.25) is 4.79 Å². The molecule has 0 aromatic heterocycles. The van der Waals surface area contributed by atoms with E-state index in [4.69, 9.17) is 4.74 Å². The van der Waals surface area contributed by atoms with Gasteiger partial charge in [0.1, 0.15) is 11.6 Å². The predicted molar refractivity (Wildman–Crippen MR) is 114 cm³/mol. The topological polar surface area (TPSA) is 79.2 Å². The fraction of sp³-hybridized carbons (Fsp3) is 0.292. The molecule has 0 saturated heterocycles. The molecule has 0 aliphatic rings. The van der Waals surface area contributed by atoms with Crippen molar-refractivity contribution in [3.8, 4) is 6.07 Å². The van der Waals surface area contributed by atoms with Gasteiger partial charge in [-0.2, -0.15) is 5.26 Å². The van der Waals surface area contributed by atoms with E-state index in [9.17, 15) is 14.9 Å². The lowest BCUT2D eigenvalue weighted by atomic mass is 10.0. The highest BCUT2D eigenvalue weighted by Gasteiger charge is 2.21. The number of carbonyl (C=O) groups is 2. The van der Waals surface area contributed by atoms with Gasteiger partial charge in [-0.15, -0.1) is 0 Å². The van der Waals surface area contributed by atoms with Gasteiger partial charge in [-0.05, 0) is 55.5 Å². The lowest BCUT2D eigenvalue weighted by molar-refractivity contribution is -0.148. The number of nitriles is 1. The molecule has 0 aliphatic carbocycles. The maximum atomic E-state index is 12.4. The first-order valence-corrected chi connectivity index (χ1v) is 9.52. The third kappa shape index (κ3) is 6.05. The number of benzene rings is 2. The summed E-state index contributed by atoms with van der Waals surface area (Å²) in [6.45, 7) is 9.51. The average molecular weight is 390 g/mol. The molecule has 1 N–H and O–H groups in total. The van der Waals surface area contributed by atoms with E-state index in [1.807, 2.05) is 56.3 Å². The van der Waals surface area contributed by atoms with Crippen LogP contribution in [-0.2, 0) is 14.3 Å². The van der Waals surface area contributed by atoms with Crippen molar-refractivity contribution in [3.05, 3.63) is 70.3 Å². The quantitative estimate of drug-likeness (QED) is 0.432. The van der Waals surface area contributed by atoms with Crippen LogP contribution in [0.5, 0.6) is 0 Å². The van der Waals surface area contributed by atoms with Crippen LogP contribution in [0.1, 0.15) is 48.9 Å². The molecule has 0 spiro atoms. The number of aryl methyl sites for hydroxylation is 2. The molecule has 5 heteroatoms. The Morgan fingerprint density at radius 1 is 1.07 bits per heavy atom. The molecular formula is C24H26N2O3. The first-order chi connectivity index (χ1) is 13.7. The summed E-state index contributed by atoms with van der Waals surface area (Å²) >= 11 is 0. The molecule has 2 aromatic carbocycles. The third-order valence-electron chi connectivity index (χ3n) is 4.55. The molecule has 5 nitrogen and oxygen atoms in total. The van der Waals surface area contributed by atoms with Crippen LogP contribution in [0.3, 0.4) is 0 Å². The molecule has 0 unspecified atom stereocenters. The Labute approximate surface area is 172 Å². The Hall–Kier alpha value is -3.39. The van der Waals surface area contributed by atoms with Crippen LogP contribution in [0.4, 0.5) is 5.69 Å². The molecule has 1 atom stereocenters. The number of nitrogens with one attached hydrogen (secondary N) is 1. The second-order valence-electron chi connectivity index (χ2n) is 7.35. The number of esters is 1. The number of hydrogen-bond donors (Lipinski definition) is 1. The molecule has 2 aromatic rings. The first kappa shape index (κ1) is 21.9. The predicted octanol–water partition coefficient (Wildman–Crippen LogP) is 4.90. The summed E-state index contributed by atoms with van der Waals surface area (Å²) in [7, 11) is 0. The molecule has 0 fully saturated rings. The zero-order valence-corrected chi connectivity index (χ0v) is 17.4. The summed E-state index contributed by atoms with van der Waals surface area (Å²) in [4.78, 5) is 24.7. The maximum absolute atomic E-state index is 12.4. The van der Waals surface area contributed by atoms with Crippen LogP contribution in [0, 0.1) is 25.2 Å². The van der Waals surface area contributed by atoms with Crippen LogP contribution < -0.4 is 5.32 Å². The fourth-order valence-electron chi connectivity index (χ4n) is 2.75. The van der Waals surface area contributed by atoms with Crippen molar-refractivity contribution >= 4 is 23.6 Å². The van der Waals surface area contributed by atoms with E-state index in [-0.39, 0.29) is 5.57 Å². The van der Waals surface area contributed by atoms with Crippen molar-refractivity contribution in [2.24, 2.45) is 0 Å². The normalized spacial score (nSPS) is 12.2. The van der Waals surface area contributed by atoms with Gasteiger partial charge in [0.15, 0.2) is 6.10 Å². The average Bonchev–Trinajstić information content (AvgIpc) is 2.68. The van der Waals surface area contributed by atoms with Crippen molar-refractivity contribution < 1.29 is 14.3 Å². The molecule has 0 aliphatic heterocycles. The monoisotopic (exact) mass is 390 g/mol. The summed E-state index contributed by atoms with van der Waals surface area (Å²) in [5.41, 5.74) is 4.39. The molecule has 0 saturated carbocycles. The highest BCUT2D eigenvalue weighted by molar-refractivity contribution is 6.01. The Morgan fingerprint density at radius 2 is 1.72 bits per heavy atom. The summed E-state index contributed by atoms with van der Waals surface area (Å²) < 4.78 is 5.19. The number of nitrogens with zero attached hydrogens (tertiary/aromatic N) is 1. The van der Waals surface area contributed by atoms with Gasteiger partial charge in [0.2, 0.25) is 0 Å². The van der Waals surface area contributed by atoms with Gasteiger partial charge < -0.3 is 10.1 Å². The maximum Gasteiger partial charge on any atom is 0.349 e. The Bertz CT molecular complexity index is 967. The van der Waals surface area contributed by atoms with Crippen molar-refractivity contribution in [1.29, 1.82) is 5.26 Å². The standard InChI is InChI=1S/C24H26N2O3/c1-15(2)20-9-7-19(8-10-20)13-21(14-25)24(28)29-18(5)23(27)26-22-11-6-16(3)12-17(22)4/h6-13,15,18H,1-5H3,(H,26,27)/b21-13+/t18-/m0/s1. The molecule has 0 bridgehead atoms. The highest BCUT2D eigenvalue weighted by Crippen LogP contribution is 2.18. The van der Waals surface area contributed by atoms with E-state index >= 15 is 0 Å². The van der Waals surface area contributed by atoms with Crippen molar-refractivity contribution in [2.45, 2.75) is 46.6 Å². The van der Waals surface area contributed by atoms with E-state index in [1.54, 1.807) is 6.07 Å². The lowest BCUT2D eigenvalue weighted by Gasteiger charge is -2.15. The van der Waals surface area contributed by atoms with Gasteiger partial charge >= 0.3 is 5.97 Å². The second-order valence-corrected chi connectivity index (χ2v) is 7.35. The van der Waals surface area contributed by atoms with Crippen molar-refractivity contribution in [1.82, 2.24) is 0 Å². The molecular weight excluding hydrogens is 364 g/mol. The van der Waals surface area contributed by atoms with Crippen molar-refractivity contribution in [2.75, 3.05) is 5.32 Å². The summed E-state index contributed by atoms with van der Waals surface area (Å²) in [6.07, 6.45) is 0.421. The molecule has 29 heavy (non-hydrogen) atoms. The van der Waals surface area contributed by atoms with Gasteiger partial charge in [0.25, 0.3) is 5.91 Å². The van der Waals surface area contributed by atoms with Crippen LogP contribution >= 0.6 is 0 Å². The number of hydrogen-bond acceptors (Lipinski definition) is 4. The molecule has 1 amide bonds. The molecule has 2 rings (SSSR count). The zero-order chi connectivity index (χ0) is 21.6. The van der Waals surface area contributed by atoms with E-state index in [0.29, 0.717) is 11.6 Å². The summed E-state index contributed by atoms with van der Waals surface area (Å²) in [5.74, 6) is -0.891. The van der Waals surface area contributed by atoms with Crippen LogP contribution in [0.15, 0.2) is 48.0 Å². The Balaban J connectivity index is 2.05. The van der Waals surface area contributed by atoms with Gasteiger partial charge in [-0.1, -0.05) is 55.8 Å². The minimum atomic E-state index is -1.04. The van der Waals surface area contributed by atoms with Crippen LogP contribution in [0.2, 0.25) is 0 Å². The number of rotatable bonds is 6. The van der Waals surface area contributed by atoms with E-state index < -0.39 is 18.0 Å². The van der Waals surface area contributed by atoms with Crippen LogP contribution in [-0.4, -0.2) is 18.0 Å². The molecule has 0 radical (unpaired) electrons. The van der Waals surface area contributed by atoms with Gasteiger partial charge in [0.05, 0.1) is 0 Å². The Kier molecular flexibility index (Phi) is 7.33. The van der Waals surface area contributed by atoms with Crippen LogP contribution in [0.25, 0.3) is 6.08 Å². The van der Waals surface area contributed by atoms with Gasteiger partial charge in [-0.25, -0.2) is 4.79 Å². The second kappa shape index (κ2) is 9.70. The molecule has 0 heterocycles. The van der Waals surface area contributed by atoms with E-state index in [2.05, 4.69) is 19.2 Å². The van der Waals surface area contributed by atoms with E-state index in [1.165, 1.54) is 18.6 Å². The zero-order valence-electron chi connectivity index (χ0n) is 17.4. The largest absolute Gasteiger partial charge is 0.448 e. The Morgan fingerprint density at radius 3 is 2.28 bits per heavy atom. The van der Waals surface area contributed by atoms with Crippen molar-refractivity contribution in [3.63, 3.8) is 0 Å². The number of amides is 1. The summed E-state index contributed by atoms with van der Waals surface area (Å²) in [5, 5.41) is 12.1. The molecule has 150 valence electrons. The SMILES string of the molecule is Cc1ccc(NC(=O)[C@H](C)OC(=O)/C(C#N)=C/c2ccc(C(C)C)cc2)c(C)c1. The summed E-state index contributed by atoms with van der Waals surface area (Å²) in [6, 6.07) is 15.1. The smallest absolute Gasteiger partial charge is 0.349 e. The fourth-order valence-corrected chi connectivity index (χ4v) is 2.75. The minimum Gasteiger partial charge on any atom is -0.448 e. The minimum absolute atomic E-state index is 0.159. The number of anilines is 1. The number of carbonyl (C=O) groups excluding carboxylic acids is 2. The van der Waals surface area contributed by atoms with E-state index in [0.717, 1.165) is 16.7 Å². The lowest BCUT2D eigenvalue weighted by Crippen LogP contribution is -2.30. The third-order valence-corrected chi connectivity index (χ3v) is 4.55.